The third-order valence-electron chi connectivity index (χ3n) is 2.14. The Kier molecular flexibility index (Phi) is 4.99. The molecule has 1 N–H and O–H groups in total. The number of amidine groups is 1. The van der Waals surface area contributed by atoms with E-state index in [2.05, 4.69) is 41.5 Å². The first-order valence-corrected chi connectivity index (χ1v) is 5.80. The molecule has 1 heterocycles. The van der Waals surface area contributed by atoms with Gasteiger partial charge in [0, 0.05) is 12.3 Å². The molecule has 82 valence electrons. The van der Waals surface area contributed by atoms with E-state index in [0.29, 0.717) is 0 Å². The van der Waals surface area contributed by atoms with Crippen molar-refractivity contribution in [2.24, 2.45) is 4.99 Å². The van der Waals surface area contributed by atoms with Crippen molar-refractivity contribution in [2.45, 2.75) is 12.7 Å². The van der Waals surface area contributed by atoms with Crippen molar-refractivity contribution < 1.29 is 12.4 Å². The Morgan fingerprint density at radius 2 is 2.07 bits per heavy atom. The standard InChI is InChI=1S/C11H14N2S.ClH/c1-9-2-4-10(5-3-9)8-14-11-12-6-7-13-11;/h2-5H,6-8H2,1H3,(H,12,13);1H/p-1. The number of halogens is 1. The summed E-state index contributed by atoms with van der Waals surface area (Å²) >= 11 is 1.78. The molecular formula is C11H14ClN2S-. The van der Waals surface area contributed by atoms with Gasteiger partial charge in [0.05, 0.1) is 6.54 Å². The molecule has 0 fully saturated rings. The highest BCUT2D eigenvalue weighted by Crippen LogP contribution is 2.14. The van der Waals surface area contributed by atoms with Gasteiger partial charge in [0.25, 0.3) is 0 Å². The molecule has 0 atom stereocenters. The van der Waals surface area contributed by atoms with E-state index in [4.69, 9.17) is 0 Å². The molecule has 0 spiro atoms. The molecule has 4 heteroatoms. The van der Waals surface area contributed by atoms with Crippen molar-refractivity contribution in [3.05, 3.63) is 35.4 Å². The first-order chi connectivity index (χ1) is 6.84. The molecule has 0 saturated heterocycles. The maximum absolute atomic E-state index is 4.34. The highest BCUT2D eigenvalue weighted by molar-refractivity contribution is 8.13. The van der Waals surface area contributed by atoms with Gasteiger partial charge in [-0.1, -0.05) is 41.6 Å². The average Bonchev–Trinajstić information content (AvgIpc) is 2.70. The van der Waals surface area contributed by atoms with Crippen LogP contribution in [0.5, 0.6) is 0 Å². The van der Waals surface area contributed by atoms with Crippen LogP contribution in [0.1, 0.15) is 11.1 Å². The van der Waals surface area contributed by atoms with Gasteiger partial charge in [-0.2, -0.15) is 0 Å². The number of nitrogens with one attached hydrogen (secondary N) is 1. The highest BCUT2D eigenvalue weighted by Gasteiger charge is 2.04. The van der Waals surface area contributed by atoms with Crippen molar-refractivity contribution in [1.82, 2.24) is 5.32 Å². The van der Waals surface area contributed by atoms with Crippen LogP contribution in [0.4, 0.5) is 0 Å². The fourth-order valence-electron chi connectivity index (χ4n) is 1.31. The number of benzene rings is 1. The molecule has 0 radical (unpaired) electrons. The quantitative estimate of drug-likeness (QED) is 0.733. The van der Waals surface area contributed by atoms with E-state index in [-0.39, 0.29) is 12.4 Å². The van der Waals surface area contributed by atoms with Gasteiger partial charge >= 0.3 is 0 Å². The number of aliphatic imine (C=N–C) groups is 1. The lowest BCUT2D eigenvalue weighted by Crippen LogP contribution is -3.00. The van der Waals surface area contributed by atoms with Crippen LogP contribution >= 0.6 is 11.8 Å². The second-order valence-electron chi connectivity index (χ2n) is 3.39. The van der Waals surface area contributed by atoms with Crippen molar-refractivity contribution in [3.8, 4) is 0 Å². The Hall–Kier alpha value is -0.670. The number of hydrogen-bond acceptors (Lipinski definition) is 3. The minimum Gasteiger partial charge on any atom is -1.00 e. The first-order valence-electron chi connectivity index (χ1n) is 4.81. The van der Waals surface area contributed by atoms with Crippen LogP contribution in [0.25, 0.3) is 0 Å². The number of thioether (sulfide) groups is 1. The van der Waals surface area contributed by atoms with Gasteiger partial charge in [-0.3, -0.25) is 4.99 Å². The molecular weight excluding hydrogens is 228 g/mol. The predicted molar refractivity (Wildman–Crippen MR) is 62.8 cm³/mol. The van der Waals surface area contributed by atoms with E-state index >= 15 is 0 Å². The Labute approximate surface area is 101 Å². The SMILES string of the molecule is Cc1ccc(CSC2=NCCN2)cc1.[Cl-]. The van der Waals surface area contributed by atoms with Crippen LogP contribution in [0.3, 0.4) is 0 Å². The highest BCUT2D eigenvalue weighted by atomic mass is 35.5. The zero-order valence-electron chi connectivity index (χ0n) is 8.66. The summed E-state index contributed by atoms with van der Waals surface area (Å²) in [5.41, 5.74) is 2.67. The molecule has 0 unspecified atom stereocenters. The van der Waals surface area contributed by atoms with Gasteiger partial charge in [-0.05, 0) is 12.5 Å². The molecule has 1 aromatic rings. The molecule has 0 aliphatic carbocycles. The monoisotopic (exact) mass is 241 g/mol. The Bertz CT molecular complexity index is 335. The van der Waals surface area contributed by atoms with Gasteiger partial charge in [-0.25, -0.2) is 0 Å². The molecule has 2 rings (SSSR count). The van der Waals surface area contributed by atoms with Gasteiger partial charge < -0.3 is 17.7 Å². The zero-order valence-corrected chi connectivity index (χ0v) is 10.2. The molecule has 1 aliphatic heterocycles. The van der Waals surface area contributed by atoms with E-state index in [9.17, 15) is 0 Å². The van der Waals surface area contributed by atoms with E-state index in [1.807, 2.05) is 0 Å². The first kappa shape index (κ1) is 12.4. The summed E-state index contributed by atoms with van der Waals surface area (Å²) < 4.78 is 0. The van der Waals surface area contributed by atoms with E-state index in [0.717, 1.165) is 24.0 Å². The number of aryl methyl sites for hydroxylation is 1. The minimum absolute atomic E-state index is 0. The molecule has 1 aromatic carbocycles. The van der Waals surface area contributed by atoms with Crippen molar-refractivity contribution in [2.75, 3.05) is 13.1 Å². The van der Waals surface area contributed by atoms with Crippen LogP contribution in [0.15, 0.2) is 29.3 Å². The lowest BCUT2D eigenvalue weighted by molar-refractivity contribution is -0.00000293. The average molecular weight is 242 g/mol. The molecule has 0 amide bonds. The van der Waals surface area contributed by atoms with Gasteiger partial charge in [0.1, 0.15) is 0 Å². The van der Waals surface area contributed by atoms with E-state index in [1.165, 1.54) is 11.1 Å². The minimum atomic E-state index is 0. The largest absolute Gasteiger partial charge is 1.00 e. The Morgan fingerprint density at radius 1 is 1.33 bits per heavy atom. The van der Waals surface area contributed by atoms with Crippen LogP contribution in [0.2, 0.25) is 0 Å². The normalized spacial score (nSPS) is 14.1. The third kappa shape index (κ3) is 3.76. The fraction of sp³-hybridized carbons (Fsp3) is 0.364. The van der Waals surface area contributed by atoms with Crippen molar-refractivity contribution in [1.29, 1.82) is 0 Å². The topological polar surface area (TPSA) is 24.4 Å². The summed E-state index contributed by atoms with van der Waals surface area (Å²) in [6.07, 6.45) is 0. The van der Waals surface area contributed by atoms with E-state index in [1.54, 1.807) is 11.8 Å². The lowest BCUT2D eigenvalue weighted by Gasteiger charge is -2.02. The Balaban J connectivity index is 0.00000112. The summed E-state index contributed by atoms with van der Waals surface area (Å²) in [6.45, 7) is 4.03. The Morgan fingerprint density at radius 3 is 2.67 bits per heavy atom. The summed E-state index contributed by atoms with van der Waals surface area (Å²) in [5, 5.41) is 4.34. The van der Waals surface area contributed by atoms with Crippen molar-refractivity contribution in [3.63, 3.8) is 0 Å². The summed E-state index contributed by atoms with van der Waals surface area (Å²) in [6, 6.07) is 8.66. The molecule has 0 bridgehead atoms. The zero-order chi connectivity index (χ0) is 9.80. The lowest BCUT2D eigenvalue weighted by atomic mass is 10.2. The molecule has 2 nitrogen and oxygen atoms in total. The van der Waals surface area contributed by atoms with Crippen LogP contribution < -0.4 is 17.7 Å². The second kappa shape index (κ2) is 6.03. The summed E-state index contributed by atoms with van der Waals surface area (Å²) in [5.74, 6) is 1.01. The van der Waals surface area contributed by atoms with Crippen LogP contribution in [-0.4, -0.2) is 18.3 Å². The van der Waals surface area contributed by atoms with Gasteiger partial charge in [-0.15, -0.1) is 0 Å². The maximum atomic E-state index is 4.34. The fourth-order valence-corrected chi connectivity index (χ4v) is 2.19. The third-order valence-corrected chi connectivity index (χ3v) is 3.16. The molecule has 0 aromatic heterocycles. The van der Waals surface area contributed by atoms with Crippen molar-refractivity contribution >= 4 is 16.9 Å². The van der Waals surface area contributed by atoms with Crippen LogP contribution in [-0.2, 0) is 5.75 Å². The maximum Gasteiger partial charge on any atom is 0.157 e. The molecule has 0 saturated carbocycles. The smallest absolute Gasteiger partial charge is 0.157 e. The predicted octanol–water partition coefficient (Wildman–Crippen LogP) is -0.809. The van der Waals surface area contributed by atoms with Gasteiger partial charge in [0.2, 0.25) is 0 Å². The summed E-state index contributed by atoms with van der Waals surface area (Å²) in [7, 11) is 0. The number of nitrogens with zero attached hydrogens (tertiary/aromatic N) is 1. The molecule has 1 aliphatic rings. The van der Waals surface area contributed by atoms with Gasteiger partial charge in [0.15, 0.2) is 5.17 Å². The van der Waals surface area contributed by atoms with Crippen LogP contribution in [0, 0.1) is 6.92 Å². The summed E-state index contributed by atoms with van der Waals surface area (Å²) in [4.78, 5) is 4.34. The van der Waals surface area contributed by atoms with E-state index < -0.39 is 0 Å². The number of hydrogen-bond donors (Lipinski definition) is 1. The second-order valence-corrected chi connectivity index (χ2v) is 4.35. The molecule has 15 heavy (non-hydrogen) atoms. The number of rotatable bonds is 2.